The molecule has 0 heterocycles. The van der Waals surface area contributed by atoms with Crippen molar-refractivity contribution in [1.82, 2.24) is 10.2 Å². The maximum atomic E-state index is 13.0. The first-order valence-electron chi connectivity index (χ1n) is 9.53. The van der Waals surface area contributed by atoms with E-state index in [2.05, 4.69) is 5.32 Å². The monoisotopic (exact) mass is 411 g/mol. The van der Waals surface area contributed by atoms with Crippen molar-refractivity contribution in [2.45, 2.75) is 25.7 Å². The molecule has 0 aliphatic rings. The fourth-order valence-electron chi connectivity index (χ4n) is 2.89. The van der Waals surface area contributed by atoms with Crippen LogP contribution in [0.3, 0.4) is 0 Å². The molecule has 2 aromatic rings. The van der Waals surface area contributed by atoms with Crippen LogP contribution in [0, 0.1) is 17.1 Å². The molecular formula is C21H23BFN3O4. The van der Waals surface area contributed by atoms with Crippen LogP contribution in [0.5, 0.6) is 0 Å². The first kappa shape index (κ1) is 23.1. The van der Waals surface area contributed by atoms with Crippen molar-refractivity contribution in [2.24, 2.45) is 0 Å². The van der Waals surface area contributed by atoms with Crippen molar-refractivity contribution in [2.75, 3.05) is 13.1 Å². The van der Waals surface area contributed by atoms with Gasteiger partial charge in [0.25, 0.3) is 5.91 Å². The number of amides is 2. The molecule has 0 saturated heterocycles. The summed E-state index contributed by atoms with van der Waals surface area (Å²) in [6, 6.07) is 13.7. The van der Waals surface area contributed by atoms with Gasteiger partial charge in [0.15, 0.2) is 0 Å². The quantitative estimate of drug-likeness (QED) is 0.539. The highest BCUT2D eigenvalue weighted by molar-refractivity contribution is 6.43. The molecule has 0 aromatic heterocycles. The van der Waals surface area contributed by atoms with Gasteiger partial charge in [0.1, 0.15) is 5.82 Å². The number of carbonyl (C=O) groups is 2. The van der Waals surface area contributed by atoms with E-state index in [1.54, 1.807) is 31.2 Å². The fraction of sp³-hybridized carbons (Fsp3) is 0.286. The van der Waals surface area contributed by atoms with Crippen LogP contribution < -0.4 is 5.32 Å². The van der Waals surface area contributed by atoms with Gasteiger partial charge in [-0.2, -0.15) is 5.26 Å². The third kappa shape index (κ3) is 6.69. The lowest BCUT2D eigenvalue weighted by Gasteiger charge is -2.22. The SMILES string of the molecule is CCN(CCC(=O)NC(Cc1ccc(F)cc1)B(O)O)C(=O)c1ccc(C#N)cc1. The van der Waals surface area contributed by atoms with Gasteiger partial charge in [0, 0.05) is 25.1 Å². The highest BCUT2D eigenvalue weighted by Crippen LogP contribution is 2.09. The maximum Gasteiger partial charge on any atom is 0.475 e. The van der Waals surface area contributed by atoms with Crippen molar-refractivity contribution >= 4 is 18.9 Å². The van der Waals surface area contributed by atoms with Crippen LogP contribution in [-0.4, -0.2) is 52.9 Å². The number of benzene rings is 2. The number of nitrogens with one attached hydrogen (secondary N) is 1. The van der Waals surface area contributed by atoms with E-state index in [1.807, 2.05) is 6.07 Å². The fourth-order valence-corrected chi connectivity index (χ4v) is 2.89. The van der Waals surface area contributed by atoms with Gasteiger partial charge in [-0.3, -0.25) is 9.59 Å². The van der Waals surface area contributed by atoms with Crippen LogP contribution >= 0.6 is 0 Å². The van der Waals surface area contributed by atoms with Gasteiger partial charge in [0.05, 0.1) is 17.6 Å². The van der Waals surface area contributed by atoms with Crippen LogP contribution in [-0.2, 0) is 11.2 Å². The van der Waals surface area contributed by atoms with Gasteiger partial charge in [-0.1, -0.05) is 12.1 Å². The van der Waals surface area contributed by atoms with Gasteiger partial charge in [-0.05, 0) is 55.3 Å². The molecule has 0 spiro atoms. The Hall–Kier alpha value is -3.22. The van der Waals surface area contributed by atoms with Crippen molar-refractivity contribution < 1.29 is 24.0 Å². The summed E-state index contributed by atoms with van der Waals surface area (Å²) in [5, 5.41) is 30.5. The standard InChI is InChI=1S/C21H23BFN3O4/c1-2-26(21(28)17-7-3-16(14-24)4-8-17)12-11-20(27)25-19(22(29)30)13-15-5-9-18(23)10-6-15/h3-10,19,29-30H,2,11-13H2,1H3,(H,25,27). The topological polar surface area (TPSA) is 114 Å². The van der Waals surface area contributed by atoms with Crippen LogP contribution in [0.25, 0.3) is 0 Å². The summed E-state index contributed by atoms with van der Waals surface area (Å²) in [5.41, 5.74) is 1.50. The zero-order valence-electron chi connectivity index (χ0n) is 16.6. The Morgan fingerprint density at radius 2 is 1.80 bits per heavy atom. The lowest BCUT2D eigenvalue weighted by atomic mass is 9.76. The van der Waals surface area contributed by atoms with E-state index < -0.39 is 24.8 Å². The normalized spacial score (nSPS) is 11.3. The Morgan fingerprint density at radius 3 is 2.33 bits per heavy atom. The molecule has 0 aliphatic heterocycles. The van der Waals surface area contributed by atoms with Gasteiger partial charge in [-0.25, -0.2) is 4.39 Å². The number of hydrogen-bond donors (Lipinski definition) is 3. The first-order valence-corrected chi connectivity index (χ1v) is 9.53. The molecule has 0 bridgehead atoms. The van der Waals surface area contributed by atoms with Gasteiger partial charge < -0.3 is 20.3 Å². The minimum absolute atomic E-state index is 0.0253. The Bertz CT molecular complexity index is 898. The molecular weight excluding hydrogens is 388 g/mol. The van der Waals surface area contributed by atoms with Crippen LogP contribution in [0.2, 0.25) is 0 Å². The Balaban J connectivity index is 1.93. The van der Waals surface area contributed by atoms with Crippen LogP contribution in [0.15, 0.2) is 48.5 Å². The van der Waals surface area contributed by atoms with Gasteiger partial charge in [-0.15, -0.1) is 0 Å². The largest absolute Gasteiger partial charge is 0.475 e. The summed E-state index contributed by atoms with van der Waals surface area (Å²) in [4.78, 5) is 26.4. The molecule has 30 heavy (non-hydrogen) atoms. The second-order valence-corrected chi connectivity index (χ2v) is 6.74. The summed E-state index contributed by atoms with van der Waals surface area (Å²) in [6.45, 7) is 2.31. The third-order valence-corrected chi connectivity index (χ3v) is 4.61. The van der Waals surface area contributed by atoms with Crippen molar-refractivity contribution in [3.63, 3.8) is 0 Å². The number of carbonyl (C=O) groups excluding carboxylic acids is 2. The number of hydrogen-bond acceptors (Lipinski definition) is 5. The maximum absolute atomic E-state index is 13.0. The molecule has 2 aromatic carbocycles. The van der Waals surface area contributed by atoms with E-state index in [1.165, 1.54) is 29.2 Å². The summed E-state index contributed by atoms with van der Waals surface area (Å²) < 4.78 is 13.0. The van der Waals surface area contributed by atoms with E-state index in [9.17, 15) is 24.0 Å². The minimum atomic E-state index is -1.79. The zero-order chi connectivity index (χ0) is 22.1. The second-order valence-electron chi connectivity index (χ2n) is 6.74. The number of halogens is 1. The van der Waals surface area contributed by atoms with Crippen LogP contribution in [0.1, 0.15) is 34.8 Å². The molecule has 2 amide bonds. The van der Waals surface area contributed by atoms with Gasteiger partial charge in [0.2, 0.25) is 5.91 Å². The predicted octanol–water partition coefficient (Wildman–Crippen LogP) is 1.29. The number of nitriles is 1. The summed E-state index contributed by atoms with van der Waals surface area (Å²) in [5.74, 6) is -2.08. The third-order valence-electron chi connectivity index (χ3n) is 4.61. The molecule has 1 atom stereocenters. The molecule has 0 saturated carbocycles. The Labute approximate surface area is 174 Å². The summed E-state index contributed by atoms with van der Waals surface area (Å²) in [7, 11) is -1.79. The minimum Gasteiger partial charge on any atom is -0.426 e. The Kier molecular flexibility index (Phi) is 8.53. The highest BCUT2D eigenvalue weighted by Gasteiger charge is 2.26. The molecule has 3 N–H and O–H groups in total. The van der Waals surface area contributed by atoms with E-state index in [4.69, 9.17) is 5.26 Å². The lowest BCUT2D eigenvalue weighted by Crippen LogP contribution is -2.48. The van der Waals surface area contributed by atoms with Crippen molar-refractivity contribution in [3.8, 4) is 6.07 Å². The first-order chi connectivity index (χ1) is 14.3. The zero-order valence-corrected chi connectivity index (χ0v) is 16.6. The average molecular weight is 411 g/mol. The molecule has 156 valence electrons. The van der Waals surface area contributed by atoms with E-state index in [0.717, 1.165) is 0 Å². The Morgan fingerprint density at radius 1 is 1.17 bits per heavy atom. The van der Waals surface area contributed by atoms with E-state index >= 15 is 0 Å². The number of rotatable bonds is 9. The molecule has 2 rings (SSSR count). The molecule has 9 heteroatoms. The van der Waals surface area contributed by atoms with Crippen LogP contribution in [0.4, 0.5) is 4.39 Å². The van der Waals surface area contributed by atoms with Gasteiger partial charge >= 0.3 is 7.12 Å². The smallest absolute Gasteiger partial charge is 0.426 e. The highest BCUT2D eigenvalue weighted by atomic mass is 19.1. The van der Waals surface area contributed by atoms with Crippen molar-refractivity contribution in [3.05, 3.63) is 71.0 Å². The molecule has 7 nitrogen and oxygen atoms in total. The summed E-state index contributed by atoms with van der Waals surface area (Å²) in [6.07, 6.45) is 0.0911. The second kappa shape index (κ2) is 11.1. The molecule has 1 unspecified atom stereocenters. The van der Waals surface area contributed by atoms with E-state index in [0.29, 0.717) is 23.2 Å². The molecule has 0 aliphatic carbocycles. The lowest BCUT2D eigenvalue weighted by molar-refractivity contribution is -0.121. The van der Waals surface area contributed by atoms with E-state index in [-0.39, 0.29) is 25.3 Å². The summed E-state index contributed by atoms with van der Waals surface area (Å²) >= 11 is 0. The molecule has 0 fully saturated rings. The average Bonchev–Trinajstić information content (AvgIpc) is 2.75. The predicted molar refractivity (Wildman–Crippen MR) is 110 cm³/mol. The van der Waals surface area contributed by atoms with Crippen molar-refractivity contribution in [1.29, 1.82) is 5.26 Å². The molecule has 0 radical (unpaired) electrons. The number of nitrogens with zero attached hydrogens (tertiary/aromatic N) is 2.